The van der Waals surface area contributed by atoms with Gasteiger partial charge < -0.3 is 15.0 Å². The largest absolute Gasteiger partial charge is 0.451 e. The monoisotopic (exact) mass is 326 g/mol. The van der Waals surface area contributed by atoms with Crippen LogP contribution in [-0.4, -0.2) is 23.4 Å². The lowest BCUT2D eigenvalue weighted by Crippen LogP contribution is -2.24. The van der Waals surface area contributed by atoms with Crippen LogP contribution in [0.4, 0.5) is 0 Å². The molecular formula is C17H14N2O3S. The molecule has 6 heteroatoms. The second kappa shape index (κ2) is 8.51. The van der Waals surface area contributed by atoms with Gasteiger partial charge in [0.05, 0.1) is 6.54 Å². The summed E-state index contributed by atoms with van der Waals surface area (Å²) in [6.07, 6.45) is 1.59. The lowest BCUT2D eigenvalue weighted by molar-refractivity contribution is -0.137. The maximum atomic E-state index is 11.8. The molecular weight excluding hydrogens is 312 g/mol. The summed E-state index contributed by atoms with van der Waals surface area (Å²) in [6.45, 7) is 0.204. The second-order valence-electron chi connectivity index (χ2n) is 4.48. The molecule has 116 valence electrons. The number of H-pyrrole nitrogens is 1. The molecule has 0 aliphatic carbocycles. The van der Waals surface area contributed by atoms with Crippen molar-refractivity contribution < 1.29 is 14.3 Å². The van der Waals surface area contributed by atoms with Gasteiger partial charge in [0.1, 0.15) is 12.3 Å². The molecule has 0 radical (unpaired) electrons. The molecule has 1 aromatic heterocycles. The first kappa shape index (κ1) is 16.5. The zero-order valence-corrected chi connectivity index (χ0v) is 13.0. The molecule has 0 atom stereocenters. The topological polar surface area (TPSA) is 71.2 Å². The van der Waals surface area contributed by atoms with Crippen LogP contribution in [0.2, 0.25) is 0 Å². The first-order valence-electron chi connectivity index (χ1n) is 6.81. The molecule has 5 nitrogen and oxygen atoms in total. The zero-order valence-electron chi connectivity index (χ0n) is 12.2. The molecule has 0 unspecified atom stereocenters. The summed E-state index contributed by atoms with van der Waals surface area (Å²) in [5.41, 5.74) is 1.22. The number of rotatable bonds is 4. The Hall–Kier alpha value is -2.91. The SMILES string of the molecule is O=C(C#CCNC(=O)c1cc(=S)cc[nH]1)OCc1ccccc1. The third-order valence-corrected chi connectivity index (χ3v) is 3.01. The smallest absolute Gasteiger partial charge is 0.384 e. The van der Waals surface area contributed by atoms with E-state index in [0.717, 1.165) is 5.56 Å². The van der Waals surface area contributed by atoms with Gasteiger partial charge >= 0.3 is 5.97 Å². The van der Waals surface area contributed by atoms with Crippen molar-refractivity contribution >= 4 is 24.1 Å². The molecule has 1 aromatic carbocycles. The van der Waals surface area contributed by atoms with Crippen LogP contribution in [0.3, 0.4) is 0 Å². The Balaban J connectivity index is 1.76. The van der Waals surface area contributed by atoms with E-state index in [0.29, 0.717) is 10.2 Å². The minimum absolute atomic E-state index is 0.0365. The number of hydrogen-bond acceptors (Lipinski definition) is 4. The Bertz CT molecular complexity index is 804. The van der Waals surface area contributed by atoms with E-state index in [1.165, 1.54) is 0 Å². The number of esters is 1. The number of ether oxygens (including phenoxy) is 1. The highest BCUT2D eigenvalue weighted by Crippen LogP contribution is 2.00. The van der Waals surface area contributed by atoms with Crippen molar-refractivity contribution in [2.24, 2.45) is 0 Å². The van der Waals surface area contributed by atoms with Gasteiger partial charge in [-0.25, -0.2) is 4.79 Å². The highest BCUT2D eigenvalue weighted by Gasteiger charge is 2.03. The van der Waals surface area contributed by atoms with E-state index in [4.69, 9.17) is 17.0 Å². The Morgan fingerprint density at radius 3 is 2.74 bits per heavy atom. The third-order valence-electron chi connectivity index (χ3n) is 2.76. The second-order valence-corrected chi connectivity index (χ2v) is 4.96. The van der Waals surface area contributed by atoms with Crippen LogP contribution in [-0.2, 0) is 16.1 Å². The summed E-state index contributed by atoms with van der Waals surface area (Å²) < 4.78 is 5.55. The number of hydrogen-bond donors (Lipinski definition) is 2. The average Bonchev–Trinajstić information content (AvgIpc) is 2.57. The molecule has 0 saturated carbocycles. The average molecular weight is 326 g/mol. The summed E-state index contributed by atoms with van der Waals surface area (Å²) >= 11 is 4.97. The van der Waals surface area contributed by atoms with Crippen LogP contribution in [0, 0.1) is 16.4 Å². The molecule has 0 aliphatic rings. The molecule has 1 amide bonds. The Morgan fingerprint density at radius 1 is 1.22 bits per heavy atom. The van der Waals surface area contributed by atoms with Crippen molar-refractivity contribution in [2.75, 3.05) is 6.54 Å². The minimum Gasteiger partial charge on any atom is -0.451 e. The lowest BCUT2D eigenvalue weighted by atomic mass is 10.2. The normalized spacial score (nSPS) is 9.39. The van der Waals surface area contributed by atoms with Gasteiger partial charge in [0, 0.05) is 16.6 Å². The number of pyridine rings is 1. The van der Waals surface area contributed by atoms with Gasteiger partial charge in [0.15, 0.2) is 0 Å². The predicted octanol–water partition coefficient (Wildman–Crippen LogP) is 2.22. The molecule has 0 saturated heterocycles. The van der Waals surface area contributed by atoms with Crippen LogP contribution in [0.15, 0.2) is 48.7 Å². The summed E-state index contributed by atoms with van der Waals surface area (Å²) in [6, 6.07) is 12.5. The van der Waals surface area contributed by atoms with Gasteiger partial charge in [-0.3, -0.25) is 4.79 Å². The highest BCUT2D eigenvalue weighted by atomic mass is 32.1. The molecule has 0 fully saturated rings. The fourth-order valence-corrected chi connectivity index (χ4v) is 1.86. The Labute approximate surface area is 138 Å². The molecule has 23 heavy (non-hydrogen) atoms. The number of carbonyl (C=O) groups is 2. The van der Waals surface area contributed by atoms with Crippen molar-refractivity contribution in [3.05, 3.63) is 64.4 Å². The van der Waals surface area contributed by atoms with Crippen LogP contribution in [0.1, 0.15) is 16.1 Å². The number of amides is 1. The van der Waals surface area contributed by atoms with E-state index >= 15 is 0 Å². The number of nitrogens with one attached hydrogen (secondary N) is 2. The van der Waals surface area contributed by atoms with Gasteiger partial charge in [-0.1, -0.05) is 48.5 Å². The number of aromatic amines is 1. The van der Waals surface area contributed by atoms with Crippen LogP contribution >= 0.6 is 12.2 Å². The van der Waals surface area contributed by atoms with E-state index in [9.17, 15) is 9.59 Å². The maximum absolute atomic E-state index is 11.8. The standard InChI is InChI=1S/C17H14N2O3S/c20-16(22-12-13-5-2-1-3-6-13)7-4-9-19-17(21)15-11-14(23)8-10-18-15/h1-3,5-6,8,10-11H,9,12H2,(H,18,23)(H,19,21). The molecule has 2 aromatic rings. The summed E-state index contributed by atoms with van der Waals surface area (Å²) in [5, 5.41) is 2.56. The van der Waals surface area contributed by atoms with Crippen molar-refractivity contribution in [3.8, 4) is 11.8 Å². The van der Waals surface area contributed by atoms with Crippen LogP contribution in [0.25, 0.3) is 0 Å². The summed E-state index contributed by atoms with van der Waals surface area (Å²) in [5.74, 6) is 3.87. The van der Waals surface area contributed by atoms with Crippen LogP contribution in [0.5, 0.6) is 0 Å². The van der Waals surface area contributed by atoms with E-state index < -0.39 is 5.97 Å². The Morgan fingerprint density at radius 2 is 2.00 bits per heavy atom. The van der Waals surface area contributed by atoms with Gasteiger partial charge in [-0.05, 0) is 17.7 Å². The summed E-state index contributed by atoms with van der Waals surface area (Å²) in [4.78, 5) is 26.0. The van der Waals surface area contributed by atoms with Crippen molar-refractivity contribution in [3.63, 3.8) is 0 Å². The van der Waals surface area contributed by atoms with Crippen molar-refractivity contribution in [1.82, 2.24) is 10.3 Å². The highest BCUT2D eigenvalue weighted by molar-refractivity contribution is 7.71. The number of benzene rings is 1. The first-order valence-corrected chi connectivity index (χ1v) is 7.22. The molecule has 0 aliphatic heterocycles. The summed E-state index contributed by atoms with van der Waals surface area (Å²) in [7, 11) is 0. The fraction of sp³-hybridized carbons (Fsp3) is 0.118. The van der Waals surface area contributed by atoms with Crippen molar-refractivity contribution in [2.45, 2.75) is 6.61 Å². The maximum Gasteiger partial charge on any atom is 0.384 e. The molecule has 1 heterocycles. The van der Waals surface area contributed by atoms with E-state index in [2.05, 4.69) is 22.1 Å². The molecule has 0 spiro atoms. The number of carbonyl (C=O) groups excluding carboxylic acids is 2. The first-order chi connectivity index (χ1) is 11.1. The van der Waals surface area contributed by atoms with Gasteiger partial charge in [-0.2, -0.15) is 0 Å². The predicted molar refractivity (Wildman–Crippen MR) is 88.0 cm³/mol. The third kappa shape index (κ3) is 5.77. The lowest BCUT2D eigenvalue weighted by Gasteiger charge is -2.01. The van der Waals surface area contributed by atoms with Gasteiger partial charge in [0.25, 0.3) is 5.91 Å². The van der Waals surface area contributed by atoms with Gasteiger partial charge in [-0.15, -0.1) is 0 Å². The molecule has 2 N–H and O–H groups in total. The van der Waals surface area contributed by atoms with Crippen molar-refractivity contribution in [1.29, 1.82) is 0 Å². The van der Waals surface area contributed by atoms with Crippen LogP contribution < -0.4 is 5.32 Å². The molecule has 2 rings (SSSR count). The fourth-order valence-electron chi connectivity index (χ4n) is 1.67. The minimum atomic E-state index is -0.637. The molecule has 0 bridgehead atoms. The quantitative estimate of drug-likeness (QED) is 0.391. The zero-order chi connectivity index (χ0) is 16.5. The Kier molecular flexibility index (Phi) is 6.09. The van der Waals surface area contributed by atoms with E-state index in [1.807, 2.05) is 30.3 Å². The van der Waals surface area contributed by atoms with E-state index in [1.54, 1.807) is 18.3 Å². The van der Waals surface area contributed by atoms with Gasteiger partial charge in [0.2, 0.25) is 0 Å². The van der Waals surface area contributed by atoms with E-state index in [-0.39, 0.29) is 19.1 Å². The number of aromatic nitrogens is 1.